The van der Waals surface area contributed by atoms with Crippen molar-refractivity contribution in [2.75, 3.05) is 16.4 Å². The van der Waals surface area contributed by atoms with E-state index in [9.17, 15) is 4.79 Å². The van der Waals surface area contributed by atoms with Gasteiger partial charge in [0.25, 0.3) is 0 Å². The monoisotopic (exact) mass is 531 g/mol. The lowest BCUT2D eigenvalue weighted by Crippen LogP contribution is -2.32. The van der Waals surface area contributed by atoms with Crippen molar-refractivity contribution in [1.82, 2.24) is 25.1 Å². The standard InChI is InChI=1S/C27H30ClN9O/c1-15-6-8-16(9-7-15)33-21(13-20(29)27(2,3)4)35-26(38)34-17-10-11-18(19(28)12-17)23-22-24(30)31-14-32-25(22)37(5)36-23/h6-14,29,33H,1-5H3,(H2,30,31,32)(H2,34,35,38)/b21-13+,29-20?. The Labute approximate surface area is 225 Å². The summed E-state index contributed by atoms with van der Waals surface area (Å²) in [5, 5.41) is 22.7. The average Bonchev–Trinajstić information content (AvgIpc) is 3.17. The largest absolute Gasteiger partial charge is 0.383 e. The minimum atomic E-state index is -0.498. The van der Waals surface area contributed by atoms with Gasteiger partial charge < -0.3 is 21.8 Å². The van der Waals surface area contributed by atoms with Crippen molar-refractivity contribution >= 4 is 51.6 Å². The number of fused-ring (bicyclic) bond motifs is 1. The van der Waals surface area contributed by atoms with E-state index in [0.717, 1.165) is 11.3 Å². The first-order valence-corrected chi connectivity index (χ1v) is 12.3. The van der Waals surface area contributed by atoms with E-state index in [1.165, 1.54) is 6.33 Å². The first-order valence-electron chi connectivity index (χ1n) is 11.9. The van der Waals surface area contributed by atoms with Gasteiger partial charge in [-0.2, -0.15) is 5.10 Å². The van der Waals surface area contributed by atoms with Gasteiger partial charge in [-0.05, 0) is 37.3 Å². The summed E-state index contributed by atoms with van der Waals surface area (Å²) in [6.45, 7) is 7.80. The molecule has 4 rings (SSSR count). The number of allylic oxidation sites excluding steroid dienone is 1. The lowest BCUT2D eigenvalue weighted by atomic mass is 9.90. The Balaban J connectivity index is 1.55. The second kappa shape index (κ2) is 10.5. The number of nitrogens with two attached hydrogens (primary N) is 1. The molecule has 0 saturated carbocycles. The third kappa shape index (κ3) is 5.92. The Morgan fingerprint density at radius 3 is 2.42 bits per heavy atom. The molecular formula is C27H30ClN9O. The van der Waals surface area contributed by atoms with Crippen LogP contribution >= 0.6 is 11.6 Å². The van der Waals surface area contributed by atoms with E-state index in [2.05, 4.69) is 31.0 Å². The number of anilines is 3. The van der Waals surface area contributed by atoms with Crippen LogP contribution in [-0.2, 0) is 7.05 Å². The van der Waals surface area contributed by atoms with Crippen LogP contribution in [0.2, 0.25) is 5.02 Å². The Hall–Kier alpha value is -4.44. The molecule has 6 N–H and O–H groups in total. The van der Waals surface area contributed by atoms with Crippen LogP contribution in [0.25, 0.3) is 22.3 Å². The normalized spacial score (nSPS) is 11.9. The number of nitrogens with one attached hydrogen (secondary N) is 4. The fourth-order valence-electron chi connectivity index (χ4n) is 3.62. The number of carbonyl (C=O) groups excluding carboxylic acids is 1. The third-order valence-corrected chi connectivity index (χ3v) is 6.12. The summed E-state index contributed by atoms with van der Waals surface area (Å²) in [6.07, 6.45) is 2.99. The van der Waals surface area contributed by atoms with Crippen LogP contribution in [0, 0.1) is 17.7 Å². The van der Waals surface area contributed by atoms with E-state index in [4.69, 9.17) is 22.7 Å². The highest BCUT2D eigenvalue weighted by Crippen LogP contribution is 2.35. The molecule has 0 fully saturated rings. The summed E-state index contributed by atoms with van der Waals surface area (Å²) < 4.78 is 1.61. The molecule has 0 aliphatic rings. The van der Waals surface area contributed by atoms with Crippen LogP contribution in [0.4, 0.5) is 22.0 Å². The van der Waals surface area contributed by atoms with Gasteiger partial charge in [0.1, 0.15) is 23.7 Å². The van der Waals surface area contributed by atoms with Gasteiger partial charge in [-0.3, -0.25) is 5.32 Å². The smallest absolute Gasteiger partial charge is 0.324 e. The highest BCUT2D eigenvalue weighted by Gasteiger charge is 2.19. The van der Waals surface area contributed by atoms with Crippen molar-refractivity contribution in [1.29, 1.82) is 5.41 Å². The summed E-state index contributed by atoms with van der Waals surface area (Å²) in [4.78, 5) is 21.2. The van der Waals surface area contributed by atoms with Crippen molar-refractivity contribution in [3.8, 4) is 11.3 Å². The number of aryl methyl sites for hydroxylation is 2. The summed E-state index contributed by atoms with van der Waals surface area (Å²) >= 11 is 6.60. The number of hydrogen-bond acceptors (Lipinski definition) is 7. The van der Waals surface area contributed by atoms with Gasteiger partial charge in [0, 0.05) is 41.2 Å². The molecule has 4 aromatic rings. The summed E-state index contributed by atoms with van der Waals surface area (Å²) in [7, 11) is 1.77. The Morgan fingerprint density at radius 2 is 1.76 bits per heavy atom. The number of urea groups is 1. The SMILES string of the molecule is Cc1ccc(N/C(=C\C(=N)C(C)(C)C)NC(=O)Nc2ccc(-c3nn(C)c4ncnc(N)c34)c(Cl)c2)cc1. The Kier molecular flexibility index (Phi) is 7.36. The molecule has 0 aliphatic carbocycles. The topological polar surface area (TPSA) is 147 Å². The highest BCUT2D eigenvalue weighted by atomic mass is 35.5. The molecule has 0 unspecified atom stereocenters. The fraction of sp³-hybridized carbons (Fsp3) is 0.222. The van der Waals surface area contributed by atoms with E-state index in [1.807, 2.05) is 52.0 Å². The van der Waals surface area contributed by atoms with Crippen LogP contribution < -0.4 is 21.7 Å². The molecule has 10 nitrogen and oxygen atoms in total. The van der Waals surface area contributed by atoms with Crippen molar-refractivity contribution in [3.05, 3.63) is 71.3 Å². The molecule has 2 aromatic heterocycles. The van der Waals surface area contributed by atoms with E-state index in [1.54, 1.807) is 36.0 Å². The van der Waals surface area contributed by atoms with E-state index >= 15 is 0 Å². The molecule has 0 saturated heterocycles. The molecule has 0 radical (unpaired) electrons. The number of nitrogen functional groups attached to an aromatic ring is 1. The van der Waals surface area contributed by atoms with Gasteiger partial charge >= 0.3 is 6.03 Å². The third-order valence-electron chi connectivity index (χ3n) is 5.81. The highest BCUT2D eigenvalue weighted by molar-refractivity contribution is 6.34. The Bertz CT molecular complexity index is 1550. The zero-order valence-electron chi connectivity index (χ0n) is 21.8. The number of hydrogen-bond donors (Lipinski definition) is 5. The number of benzene rings is 2. The molecule has 2 heterocycles. The maximum absolute atomic E-state index is 12.9. The Morgan fingerprint density at radius 1 is 1.08 bits per heavy atom. The molecule has 196 valence electrons. The number of carbonyl (C=O) groups is 1. The minimum absolute atomic E-state index is 0.303. The molecule has 0 bridgehead atoms. The van der Waals surface area contributed by atoms with Crippen molar-refractivity contribution in [2.45, 2.75) is 27.7 Å². The molecule has 11 heteroatoms. The zero-order valence-corrected chi connectivity index (χ0v) is 22.6. The first-order chi connectivity index (χ1) is 17.9. The first kappa shape index (κ1) is 26.6. The predicted octanol–water partition coefficient (Wildman–Crippen LogP) is 5.72. The lowest BCUT2D eigenvalue weighted by molar-refractivity contribution is 0.254. The number of aromatic nitrogens is 4. The maximum atomic E-state index is 12.9. The van der Waals surface area contributed by atoms with Crippen LogP contribution in [0.15, 0.2) is 60.7 Å². The van der Waals surface area contributed by atoms with Crippen molar-refractivity contribution < 1.29 is 4.79 Å². The quantitative estimate of drug-likeness (QED) is 0.201. The average molecular weight is 532 g/mol. The van der Waals surface area contributed by atoms with Crippen molar-refractivity contribution in [2.24, 2.45) is 12.5 Å². The van der Waals surface area contributed by atoms with Crippen LogP contribution in [0.3, 0.4) is 0 Å². The minimum Gasteiger partial charge on any atom is -0.383 e. The molecular weight excluding hydrogens is 502 g/mol. The summed E-state index contributed by atoms with van der Waals surface area (Å²) in [5.74, 6) is 0.668. The van der Waals surface area contributed by atoms with Gasteiger partial charge in [0.05, 0.1) is 10.4 Å². The van der Waals surface area contributed by atoms with Gasteiger partial charge in [0.2, 0.25) is 0 Å². The summed E-state index contributed by atoms with van der Waals surface area (Å²) in [5.41, 5.74) is 10.2. The van der Waals surface area contributed by atoms with Gasteiger partial charge in [0.15, 0.2) is 5.65 Å². The van der Waals surface area contributed by atoms with Crippen LogP contribution in [0.1, 0.15) is 26.3 Å². The fourth-order valence-corrected chi connectivity index (χ4v) is 3.89. The predicted molar refractivity (Wildman–Crippen MR) is 153 cm³/mol. The number of halogens is 1. The maximum Gasteiger partial charge on any atom is 0.324 e. The molecule has 38 heavy (non-hydrogen) atoms. The van der Waals surface area contributed by atoms with Crippen LogP contribution in [0.5, 0.6) is 0 Å². The molecule has 0 atom stereocenters. The molecule has 2 amide bonds. The van der Waals surface area contributed by atoms with E-state index < -0.39 is 11.4 Å². The van der Waals surface area contributed by atoms with Gasteiger partial charge in [-0.1, -0.05) is 50.1 Å². The molecule has 0 aliphatic heterocycles. The molecule has 2 aromatic carbocycles. The second-order valence-electron chi connectivity index (χ2n) is 9.92. The number of nitrogens with zero attached hydrogens (tertiary/aromatic N) is 4. The number of rotatable bonds is 6. The van der Waals surface area contributed by atoms with Gasteiger partial charge in [-0.15, -0.1) is 0 Å². The van der Waals surface area contributed by atoms with E-state index in [-0.39, 0.29) is 0 Å². The zero-order chi connectivity index (χ0) is 27.6. The lowest BCUT2D eigenvalue weighted by Gasteiger charge is -2.20. The second-order valence-corrected chi connectivity index (χ2v) is 10.3. The molecule has 0 spiro atoms. The number of amides is 2. The van der Waals surface area contributed by atoms with Crippen molar-refractivity contribution in [3.63, 3.8) is 0 Å². The summed E-state index contributed by atoms with van der Waals surface area (Å²) in [6, 6.07) is 12.3. The van der Waals surface area contributed by atoms with Crippen LogP contribution in [-0.4, -0.2) is 31.5 Å². The van der Waals surface area contributed by atoms with E-state index in [0.29, 0.717) is 50.4 Å². The van der Waals surface area contributed by atoms with Gasteiger partial charge in [-0.25, -0.2) is 19.4 Å².